The molecule has 2 heterocycles. The number of rotatable bonds is 6. The quantitative estimate of drug-likeness (QED) is 0.558. The molecular formula is C19H22N4O2S2. The van der Waals surface area contributed by atoms with Crippen molar-refractivity contribution >= 4 is 45.6 Å². The molecule has 142 valence electrons. The van der Waals surface area contributed by atoms with Crippen molar-refractivity contribution in [3.05, 3.63) is 29.3 Å². The monoisotopic (exact) mass is 402 g/mol. The van der Waals surface area contributed by atoms with Crippen molar-refractivity contribution in [3.63, 3.8) is 0 Å². The summed E-state index contributed by atoms with van der Waals surface area (Å²) >= 11 is 2.95. The molecule has 1 fully saturated rings. The van der Waals surface area contributed by atoms with Crippen LogP contribution in [0, 0.1) is 0 Å². The lowest BCUT2D eigenvalue weighted by Crippen LogP contribution is -2.21. The van der Waals surface area contributed by atoms with E-state index in [9.17, 15) is 9.59 Å². The van der Waals surface area contributed by atoms with Crippen LogP contribution in [0.5, 0.6) is 0 Å². The van der Waals surface area contributed by atoms with Gasteiger partial charge in [-0.1, -0.05) is 42.4 Å². The number of fused-ring (bicyclic) bond motifs is 1. The zero-order valence-electron chi connectivity index (χ0n) is 15.0. The molecule has 0 unspecified atom stereocenters. The van der Waals surface area contributed by atoms with Crippen LogP contribution in [0.4, 0.5) is 10.8 Å². The fraction of sp³-hybridized carbons (Fsp3) is 0.474. The van der Waals surface area contributed by atoms with Crippen LogP contribution in [-0.2, 0) is 11.2 Å². The summed E-state index contributed by atoms with van der Waals surface area (Å²) in [5.74, 6) is 0.436. The molecule has 1 aliphatic heterocycles. The van der Waals surface area contributed by atoms with Gasteiger partial charge in [0.05, 0.1) is 5.75 Å². The van der Waals surface area contributed by atoms with Gasteiger partial charge < -0.3 is 10.6 Å². The zero-order chi connectivity index (χ0) is 18.6. The van der Waals surface area contributed by atoms with Crippen LogP contribution in [0.1, 0.15) is 54.4 Å². The molecule has 1 aromatic heterocycles. The second kappa shape index (κ2) is 8.39. The maximum atomic E-state index is 12.5. The first-order chi connectivity index (χ1) is 13.2. The Hall–Kier alpha value is -1.93. The molecule has 2 aromatic rings. The summed E-state index contributed by atoms with van der Waals surface area (Å²) < 4.78 is 0.812. The van der Waals surface area contributed by atoms with Crippen molar-refractivity contribution in [3.8, 4) is 0 Å². The largest absolute Gasteiger partial charge is 0.357 e. The van der Waals surface area contributed by atoms with Gasteiger partial charge in [-0.3, -0.25) is 9.59 Å². The van der Waals surface area contributed by atoms with E-state index >= 15 is 0 Å². The van der Waals surface area contributed by atoms with Crippen LogP contribution in [-0.4, -0.2) is 33.7 Å². The first kappa shape index (κ1) is 18.4. The molecule has 27 heavy (non-hydrogen) atoms. The third-order valence-corrected chi connectivity index (χ3v) is 6.98. The first-order valence-electron chi connectivity index (χ1n) is 9.36. The molecule has 0 atom stereocenters. The minimum Gasteiger partial charge on any atom is -0.357 e. The molecule has 1 aromatic carbocycles. The first-order valence-corrected chi connectivity index (χ1v) is 11.2. The fourth-order valence-electron chi connectivity index (χ4n) is 3.52. The van der Waals surface area contributed by atoms with E-state index in [2.05, 4.69) is 20.8 Å². The molecule has 4 rings (SSSR count). The van der Waals surface area contributed by atoms with E-state index in [1.165, 1.54) is 55.2 Å². The van der Waals surface area contributed by atoms with E-state index in [0.29, 0.717) is 30.2 Å². The van der Waals surface area contributed by atoms with E-state index in [0.717, 1.165) is 20.7 Å². The highest BCUT2D eigenvalue weighted by Gasteiger charge is 2.18. The number of aryl methyl sites for hydroxylation is 1. The normalized spacial score (nSPS) is 17.3. The Morgan fingerprint density at radius 2 is 2.07 bits per heavy atom. The van der Waals surface area contributed by atoms with Gasteiger partial charge in [-0.15, -0.1) is 10.2 Å². The van der Waals surface area contributed by atoms with Gasteiger partial charge in [0.15, 0.2) is 10.1 Å². The Balaban J connectivity index is 1.32. The average molecular weight is 403 g/mol. The van der Waals surface area contributed by atoms with Gasteiger partial charge in [-0.2, -0.15) is 0 Å². The number of benzene rings is 1. The van der Waals surface area contributed by atoms with Crippen LogP contribution >= 0.6 is 23.1 Å². The number of Topliss-reactive ketones (excluding diaryl/α,β-unsaturated/α-hetero) is 1. The Labute approximate surface area is 166 Å². The van der Waals surface area contributed by atoms with Crippen molar-refractivity contribution < 1.29 is 9.59 Å². The Morgan fingerprint density at radius 3 is 2.93 bits per heavy atom. The van der Waals surface area contributed by atoms with Gasteiger partial charge in [0.2, 0.25) is 11.0 Å². The van der Waals surface area contributed by atoms with E-state index in [1.807, 2.05) is 12.1 Å². The van der Waals surface area contributed by atoms with E-state index in [4.69, 9.17) is 0 Å². The lowest BCUT2D eigenvalue weighted by molar-refractivity contribution is -0.116. The molecule has 0 radical (unpaired) electrons. The fourth-order valence-corrected chi connectivity index (χ4v) is 5.24. The van der Waals surface area contributed by atoms with E-state index in [1.54, 1.807) is 6.07 Å². The second-order valence-corrected chi connectivity index (χ2v) is 9.18. The summed E-state index contributed by atoms with van der Waals surface area (Å²) in [6.07, 6.45) is 7.42. The van der Waals surface area contributed by atoms with Crippen molar-refractivity contribution in [2.45, 2.75) is 55.3 Å². The number of thioether (sulfide) groups is 1. The van der Waals surface area contributed by atoms with Gasteiger partial charge in [-0.25, -0.2) is 0 Å². The van der Waals surface area contributed by atoms with E-state index < -0.39 is 0 Å². The van der Waals surface area contributed by atoms with E-state index in [-0.39, 0.29) is 11.7 Å². The lowest BCUT2D eigenvalue weighted by atomic mass is 9.96. The average Bonchev–Trinajstić information content (AvgIpc) is 3.14. The predicted molar refractivity (Wildman–Crippen MR) is 109 cm³/mol. The maximum Gasteiger partial charge on any atom is 0.224 e. The number of anilines is 2. The minimum absolute atomic E-state index is 0.0334. The SMILES string of the molecule is O=C1CCc2cc(C(=O)CSc3nnc(NC4CCCCC4)s3)ccc2N1. The molecule has 8 heteroatoms. The van der Waals surface area contributed by atoms with Crippen molar-refractivity contribution in [1.82, 2.24) is 10.2 Å². The van der Waals surface area contributed by atoms with Gasteiger partial charge in [0.1, 0.15) is 0 Å². The maximum absolute atomic E-state index is 12.5. The molecule has 1 amide bonds. The highest BCUT2D eigenvalue weighted by Crippen LogP contribution is 2.29. The number of hydrogen-bond acceptors (Lipinski definition) is 7. The van der Waals surface area contributed by atoms with Gasteiger partial charge >= 0.3 is 0 Å². The molecule has 0 spiro atoms. The number of carbonyl (C=O) groups is 2. The molecule has 2 aliphatic rings. The summed E-state index contributed by atoms with van der Waals surface area (Å²) in [6, 6.07) is 6.00. The van der Waals surface area contributed by atoms with Crippen molar-refractivity contribution in [1.29, 1.82) is 0 Å². The van der Waals surface area contributed by atoms with Gasteiger partial charge in [0, 0.05) is 23.7 Å². The molecular weight excluding hydrogens is 380 g/mol. The number of hydrogen-bond donors (Lipinski definition) is 2. The van der Waals surface area contributed by atoms with Crippen LogP contribution in [0.25, 0.3) is 0 Å². The Bertz CT molecular complexity index is 846. The summed E-state index contributed by atoms with van der Waals surface area (Å²) in [5, 5.41) is 15.6. The number of amides is 1. The van der Waals surface area contributed by atoms with Crippen molar-refractivity contribution in [2.75, 3.05) is 16.4 Å². The molecule has 0 bridgehead atoms. The lowest BCUT2D eigenvalue weighted by Gasteiger charge is -2.21. The number of carbonyl (C=O) groups excluding carboxylic acids is 2. The molecule has 0 saturated heterocycles. The molecule has 1 aliphatic carbocycles. The van der Waals surface area contributed by atoms with Gasteiger partial charge in [-0.05, 0) is 43.0 Å². The molecule has 2 N–H and O–H groups in total. The van der Waals surface area contributed by atoms with Crippen molar-refractivity contribution in [2.24, 2.45) is 0 Å². The number of ketones is 1. The highest BCUT2D eigenvalue weighted by molar-refractivity contribution is 8.01. The van der Waals surface area contributed by atoms with Crippen LogP contribution < -0.4 is 10.6 Å². The third kappa shape index (κ3) is 4.68. The summed E-state index contributed by atoms with van der Waals surface area (Å²) in [6.45, 7) is 0. The Kier molecular flexibility index (Phi) is 5.73. The molecule has 1 saturated carbocycles. The summed E-state index contributed by atoms with van der Waals surface area (Å²) in [7, 11) is 0. The highest BCUT2D eigenvalue weighted by atomic mass is 32.2. The van der Waals surface area contributed by atoms with Crippen LogP contribution in [0.2, 0.25) is 0 Å². The number of nitrogens with one attached hydrogen (secondary N) is 2. The standard InChI is InChI=1S/C19H22N4O2S2/c24-16(13-6-8-15-12(10-13)7-9-17(25)21-15)11-26-19-23-22-18(27-19)20-14-4-2-1-3-5-14/h6,8,10,14H,1-5,7,9,11H2,(H,20,22)(H,21,25). The number of aromatic nitrogens is 2. The smallest absolute Gasteiger partial charge is 0.224 e. The topological polar surface area (TPSA) is 84.0 Å². The third-order valence-electron chi connectivity index (χ3n) is 4.99. The van der Waals surface area contributed by atoms with Crippen LogP contribution in [0.3, 0.4) is 0 Å². The predicted octanol–water partition coefficient (Wildman–Crippen LogP) is 4.14. The van der Waals surface area contributed by atoms with Crippen LogP contribution in [0.15, 0.2) is 22.5 Å². The summed E-state index contributed by atoms with van der Waals surface area (Å²) in [4.78, 5) is 24.0. The van der Waals surface area contributed by atoms with Gasteiger partial charge in [0.25, 0.3) is 0 Å². The second-order valence-electron chi connectivity index (χ2n) is 6.98. The zero-order valence-corrected chi connectivity index (χ0v) is 16.6. The molecule has 6 nitrogen and oxygen atoms in total. The summed E-state index contributed by atoms with van der Waals surface area (Å²) in [5.41, 5.74) is 2.53. The Morgan fingerprint density at radius 1 is 1.22 bits per heavy atom. The minimum atomic E-state index is 0.0334. The number of nitrogens with zero attached hydrogens (tertiary/aromatic N) is 2.